The molecule has 1 atom stereocenters. The van der Waals surface area contributed by atoms with Gasteiger partial charge in [-0.05, 0) is 63.8 Å². The third kappa shape index (κ3) is 3.65. The van der Waals surface area contributed by atoms with Gasteiger partial charge in [-0.1, -0.05) is 0 Å². The topological polar surface area (TPSA) is 24.1 Å². The molecule has 0 radical (unpaired) electrons. The van der Waals surface area contributed by atoms with Crippen molar-refractivity contribution in [2.45, 2.75) is 43.2 Å². The van der Waals surface area contributed by atoms with E-state index in [2.05, 4.69) is 55.0 Å². The van der Waals surface area contributed by atoms with Crippen LogP contribution in [0.1, 0.15) is 26.7 Å². The molecule has 0 amide bonds. The highest BCUT2D eigenvalue weighted by molar-refractivity contribution is 7.98. The van der Waals surface area contributed by atoms with Crippen LogP contribution >= 0.6 is 11.8 Å². The van der Waals surface area contributed by atoms with Gasteiger partial charge in [-0.15, -0.1) is 11.8 Å². The fourth-order valence-electron chi connectivity index (χ4n) is 2.42. The normalized spacial score (nSPS) is 23.4. The number of anilines is 1. The van der Waals surface area contributed by atoms with Crippen molar-refractivity contribution in [2.75, 3.05) is 18.1 Å². The van der Waals surface area contributed by atoms with E-state index in [0.29, 0.717) is 6.04 Å². The Morgan fingerprint density at radius 3 is 2.59 bits per heavy atom. The van der Waals surface area contributed by atoms with Crippen LogP contribution in [-0.2, 0) is 0 Å². The first kappa shape index (κ1) is 12.8. The van der Waals surface area contributed by atoms with Crippen LogP contribution in [0, 0.1) is 0 Å². The predicted molar refractivity (Wildman–Crippen MR) is 76.9 cm³/mol. The van der Waals surface area contributed by atoms with E-state index in [9.17, 15) is 0 Å². The molecule has 0 saturated carbocycles. The summed E-state index contributed by atoms with van der Waals surface area (Å²) in [5.41, 5.74) is 1.50. The molecule has 1 aliphatic rings. The van der Waals surface area contributed by atoms with Crippen molar-refractivity contribution in [1.82, 2.24) is 5.32 Å². The first-order chi connectivity index (χ1) is 8.09. The van der Waals surface area contributed by atoms with Crippen LogP contribution in [0.4, 0.5) is 5.69 Å². The predicted octanol–water partition coefficient (Wildman–Crippen LogP) is 3.35. The molecule has 0 bridgehead atoms. The zero-order valence-electron chi connectivity index (χ0n) is 10.9. The van der Waals surface area contributed by atoms with Gasteiger partial charge in [-0.3, -0.25) is 0 Å². The van der Waals surface area contributed by atoms with Gasteiger partial charge in [0.05, 0.1) is 0 Å². The standard InChI is InChI=1S/C14H22N2S/c1-14(2)10-12(8-9-15-14)16-11-4-6-13(17-3)7-5-11/h4-7,12,15-16H,8-10H2,1-3H3. The molecule has 94 valence electrons. The average Bonchev–Trinajstić information content (AvgIpc) is 2.29. The third-order valence-electron chi connectivity index (χ3n) is 3.31. The lowest BCUT2D eigenvalue weighted by Gasteiger charge is -2.37. The maximum atomic E-state index is 3.64. The molecule has 1 fully saturated rings. The Labute approximate surface area is 109 Å². The van der Waals surface area contributed by atoms with Crippen LogP contribution in [0.2, 0.25) is 0 Å². The highest BCUT2D eigenvalue weighted by Gasteiger charge is 2.26. The molecular formula is C14H22N2S. The molecular weight excluding hydrogens is 228 g/mol. The molecule has 1 aliphatic heterocycles. The second-order valence-corrected chi connectivity index (χ2v) is 6.25. The number of rotatable bonds is 3. The minimum absolute atomic E-state index is 0.259. The lowest BCUT2D eigenvalue weighted by atomic mass is 9.89. The van der Waals surface area contributed by atoms with Gasteiger partial charge in [0.15, 0.2) is 0 Å². The molecule has 2 N–H and O–H groups in total. The van der Waals surface area contributed by atoms with Gasteiger partial charge < -0.3 is 10.6 Å². The summed E-state index contributed by atoms with van der Waals surface area (Å²) in [7, 11) is 0. The fraction of sp³-hybridized carbons (Fsp3) is 0.571. The molecule has 1 unspecified atom stereocenters. The fourth-order valence-corrected chi connectivity index (χ4v) is 2.83. The Balaban J connectivity index is 1.95. The highest BCUT2D eigenvalue weighted by atomic mass is 32.2. The highest BCUT2D eigenvalue weighted by Crippen LogP contribution is 2.23. The number of thioether (sulfide) groups is 1. The number of hydrogen-bond acceptors (Lipinski definition) is 3. The zero-order chi connectivity index (χ0) is 12.3. The minimum atomic E-state index is 0.259. The second kappa shape index (κ2) is 5.32. The summed E-state index contributed by atoms with van der Waals surface area (Å²) < 4.78 is 0. The Kier molecular flexibility index (Phi) is 4.00. The van der Waals surface area contributed by atoms with Gasteiger partial charge in [0.2, 0.25) is 0 Å². The van der Waals surface area contributed by atoms with Crippen molar-refractivity contribution in [1.29, 1.82) is 0 Å². The smallest absolute Gasteiger partial charge is 0.0343 e. The van der Waals surface area contributed by atoms with Crippen LogP contribution in [-0.4, -0.2) is 24.4 Å². The largest absolute Gasteiger partial charge is 0.382 e. The van der Waals surface area contributed by atoms with Gasteiger partial charge in [0, 0.05) is 22.2 Å². The molecule has 3 heteroatoms. The summed E-state index contributed by atoms with van der Waals surface area (Å²) in [5.74, 6) is 0. The Morgan fingerprint density at radius 1 is 1.29 bits per heavy atom. The van der Waals surface area contributed by atoms with E-state index in [1.807, 2.05) is 0 Å². The SMILES string of the molecule is CSc1ccc(NC2CCNC(C)(C)C2)cc1. The molecule has 0 aromatic heterocycles. The van der Waals surface area contributed by atoms with Crippen molar-refractivity contribution in [3.63, 3.8) is 0 Å². The maximum absolute atomic E-state index is 3.64. The average molecular weight is 250 g/mol. The lowest BCUT2D eigenvalue weighted by Crippen LogP contribution is -2.49. The summed E-state index contributed by atoms with van der Waals surface area (Å²) in [5, 5.41) is 7.19. The quantitative estimate of drug-likeness (QED) is 0.805. The zero-order valence-corrected chi connectivity index (χ0v) is 11.7. The molecule has 0 spiro atoms. The Morgan fingerprint density at radius 2 is 2.00 bits per heavy atom. The van der Waals surface area contributed by atoms with E-state index in [-0.39, 0.29) is 5.54 Å². The van der Waals surface area contributed by atoms with E-state index in [4.69, 9.17) is 0 Å². The maximum Gasteiger partial charge on any atom is 0.0343 e. The van der Waals surface area contributed by atoms with E-state index in [0.717, 1.165) is 6.54 Å². The Bertz CT molecular complexity index is 359. The summed E-state index contributed by atoms with van der Waals surface area (Å²) >= 11 is 1.79. The molecule has 1 heterocycles. The van der Waals surface area contributed by atoms with E-state index in [1.54, 1.807) is 11.8 Å². The van der Waals surface area contributed by atoms with E-state index < -0.39 is 0 Å². The van der Waals surface area contributed by atoms with E-state index >= 15 is 0 Å². The molecule has 1 aromatic carbocycles. The molecule has 2 nitrogen and oxygen atoms in total. The van der Waals surface area contributed by atoms with Gasteiger partial charge in [0.1, 0.15) is 0 Å². The number of hydrogen-bond donors (Lipinski definition) is 2. The third-order valence-corrected chi connectivity index (χ3v) is 4.06. The second-order valence-electron chi connectivity index (χ2n) is 5.37. The molecule has 1 saturated heterocycles. The van der Waals surface area contributed by atoms with Gasteiger partial charge in [-0.25, -0.2) is 0 Å². The van der Waals surface area contributed by atoms with Crippen molar-refractivity contribution in [2.24, 2.45) is 0 Å². The molecule has 1 aromatic rings. The number of nitrogens with one attached hydrogen (secondary N) is 2. The molecule has 17 heavy (non-hydrogen) atoms. The van der Waals surface area contributed by atoms with E-state index in [1.165, 1.54) is 23.4 Å². The van der Waals surface area contributed by atoms with Crippen molar-refractivity contribution in [3.8, 4) is 0 Å². The van der Waals surface area contributed by atoms with Gasteiger partial charge >= 0.3 is 0 Å². The molecule has 2 rings (SSSR count). The van der Waals surface area contributed by atoms with Crippen LogP contribution < -0.4 is 10.6 Å². The first-order valence-corrected chi connectivity index (χ1v) is 7.47. The summed E-state index contributed by atoms with van der Waals surface area (Å²) in [6.07, 6.45) is 4.49. The van der Waals surface area contributed by atoms with Crippen molar-refractivity contribution >= 4 is 17.4 Å². The van der Waals surface area contributed by atoms with Crippen molar-refractivity contribution in [3.05, 3.63) is 24.3 Å². The number of benzene rings is 1. The van der Waals surface area contributed by atoms with Crippen molar-refractivity contribution < 1.29 is 0 Å². The van der Waals surface area contributed by atoms with Crippen LogP contribution in [0.25, 0.3) is 0 Å². The van der Waals surface area contributed by atoms with Crippen LogP contribution in [0.15, 0.2) is 29.2 Å². The van der Waals surface area contributed by atoms with Gasteiger partial charge in [0.25, 0.3) is 0 Å². The summed E-state index contributed by atoms with van der Waals surface area (Å²) in [4.78, 5) is 1.32. The monoisotopic (exact) mass is 250 g/mol. The van der Waals surface area contributed by atoms with Gasteiger partial charge in [-0.2, -0.15) is 0 Å². The van der Waals surface area contributed by atoms with Crippen LogP contribution in [0.5, 0.6) is 0 Å². The Hall–Kier alpha value is -0.670. The minimum Gasteiger partial charge on any atom is -0.382 e. The number of piperidine rings is 1. The van der Waals surface area contributed by atoms with Crippen LogP contribution in [0.3, 0.4) is 0 Å². The molecule has 0 aliphatic carbocycles. The lowest BCUT2D eigenvalue weighted by molar-refractivity contribution is 0.286. The summed E-state index contributed by atoms with van der Waals surface area (Å²) in [6, 6.07) is 9.31. The summed E-state index contributed by atoms with van der Waals surface area (Å²) in [6.45, 7) is 5.66. The first-order valence-electron chi connectivity index (χ1n) is 6.25.